The molecule has 0 spiro atoms. The maximum Gasteiger partial charge on any atom is 0.0304 e. The van der Waals surface area contributed by atoms with Crippen molar-refractivity contribution in [2.75, 3.05) is 19.6 Å². The van der Waals surface area contributed by atoms with E-state index in [1.807, 2.05) is 0 Å². The van der Waals surface area contributed by atoms with E-state index in [1.54, 1.807) is 0 Å². The fraction of sp³-hybridized carbons (Fsp3) is 1.00. The van der Waals surface area contributed by atoms with Crippen LogP contribution in [0.5, 0.6) is 0 Å². The lowest BCUT2D eigenvalue weighted by Crippen LogP contribution is -2.65. The molecule has 2 rings (SSSR count). The Labute approximate surface area is 126 Å². The fourth-order valence-electron chi connectivity index (χ4n) is 4.29. The molecule has 1 unspecified atom stereocenters. The second kappa shape index (κ2) is 7.26. The Kier molecular flexibility index (Phi) is 5.92. The summed E-state index contributed by atoms with van der Waals surface area (Å²) in [6.07, 6.45) is 9.90. The van der Waals surface area contributed by atoms with Crippen LogP contribution >= 0.6 is 0 Å². The second-order valence-electron chi connectivity index (χ2n) is 7.59. The lowest BCUT2D eigenvalue weighted by Gasteiger charge is -2.49. The van der Waals surface area contributed by atoms with Gasteiger partial charge in [0, 0.05) is 24.7 Å². The monoisotopic (exact) mass is 280 g/mol. The maximum atomic E-state index is 3.88. The van der Waals surface area contributed by atoms with Gasteiger partial charge in [0.05, 0.1) is 0 Å². The third-order valence-corrected chi connectivity index (χ3v) is 6.08. The van der Waals surface area contributed by atoms with Gasteiger partial charge >= 0.3 is 0 Å². The molecule has 20 heavy (non-hydrogen) atoms. The quantitative estimate of drug-likeness (QED) is 0.789. The predicted octanol–water partition coefficient (Wildman–Crippen LogP) is 4.06. The molecule has 1 atom stereocenters. The van der Waals surface area contributed by atoms with Crippen molar-refractivity contribution >= 4 is 0 Å². The zero-order chi connectivity index (χ0) is 14.6. The molecule has 0 amide bonds. The summed E-state index contributed by atoms with van der Waals surface area (Å²) in [5.74, 6) is 1.79. The molecule has 0 aromatic heterocycles. The average molecular weight is 280 g/mol. The van der Waals surface area contributed by atoms with Gasteiger partial charge in [-0.2, -0.15) is 0 Å². The zero-order valence-electron chi connectivity index (χ0n) is 14.3. The number of nitrogens with zero attached hydrogens (tertiary/aromatic N) is 1. The molecular weight excluding hydrogens is 244 g/mol. The topological polar surface area (TPSA) is 15.3 Å². The summed E-state index contributed by atoms with van der Waals surface area (Å²) in [7, 11) is 0. The van der Waals surface area contributed by atoms with E-state index in [2.05, 4.69) is 37.9 Å². The van der Waals surface area contributed by atoms with Crippen molar-refractivity contribution in [2.45, 2.75) is 84.2 Å². The van der Waals surface area contributed by atoms with E-state index in [9.17, 15) is 0 Å². The molecule has 2 heteroatoms. The molecule has 0 bridgehead atoms. The molecular formula is C18H36N2. The van der Waals surface area contributed by atoms with Gasteiger partial charge in [-0.3, -0.25) is 4.90 Å². The van der Waals surface area contributed by atoms with Crippen LogP contribution in [-0.2, 0) is 0 Å². The zero-order valence-corrected chi connectivity index (χ0v) is 14.3. The molecule has 1 aliphatic carbocycles. The van der Waals surface area contributed by atoms with Crippen LogP contribution in [0.4, 0.5) is 0 Å². The van der Waals surface area contributed by atoms with Gasteiger partial charge in [-0.05, 0) is 37.6 Å². The molecule has 118 valence electrons. The van der Waals surface area contributed by atoms with Crippen molar-refractivity contribution in [3.63, 3.8) is 0 Å². The van der Waals surface area contributed by atoms with E-state index in [4.69, 9.17) is 0 Å². The summed E-state index contributed by atoms with van der Waals surface area (Å²) in [5, 5.41) is 3.88. The minimum atomic E-state index is 0.376. The standard InChI is InChI=1S/C18H36N2/c1-5-18(6-2)14-20(17(13-19-18)15(3)4)12-11-16-9-7-8-10-16/h15-17,19H,5-14H2,1-4H3. The first kappa shape index (κ1) is 16.3. The molecule has 0 radical (unpaired) electrons. The van der Waals surface area contributed by atoms with Gasteiger partial charge in [0.15, 0.2) is 0 Å². The smallest absolute Gasteiger partial charge is 0.0304 e. The van der Waals surface area contributed by atoms with Crippen molar-refractivity contribution in [3.05, 3.63) is 0 Å². The first-order valence-corrected chi connectivity index (χ1v) is 9.09. The van der Waals surface area contributed by atoms with Gasteiger partial charge in [0.1, 0.15) is 0 Å². The predicted molar refractivity (Wildman–Crippen MR) is 88.1 cm³/mol. The first-order valence-electron chi connectivity index (χ1n) is 9.09. The van der Waals surface area contributed by atoms with Crippen molar-refractivity contribution in [3.8, 4) is 0 Å². The van der Waals surface area contributed by atoms with Crippen LogP contribution in [0.25, 0.3) is 0 Å². The Bertz CT molecular complexity index is 277. The molecule has 1 aliphatic heterocycles. The Morgan fingerprint density at radius 3 is 2.35 bits per heavy atom. The number of hydrogen-bond donors (Lipinski definition) is 1. The van der Waals surface area contributed by atoms with Gasteiger partial charge < -0.3 is 5.32 Å². The third kappa shape index (κ3) is 3.76. The normalized spacial score (nSPS) is 28.4. The van der Waals surface area contributed by atoms with Crippen molar-refractivity contribution < 1.29 is 0 Å². The lowest BCUT2D eigenvalue weighted by molar-refractivity contribution is 0.0463. The van der Waals surface area contributed by atoms with E-state index in [0.717, 1.165) is 17.9 Å². The van der Waals surface area contributed by atoms with E-state index >= 15 is 0 Å². The number of nitrogens with one attached hydrogen (secondary N) is 1. The molecule has 2 fully saturated rings. The Hall–Kier alpha value is -0.0800. The third-order valence-electron chi connectivity index (χ3n) is 6.08. The molecule has 1 saturated carbocycles. The molecule has 2 nitrogen and oxygen atoms in total. The van der Waals surface area contributed by atoms with Crippen LogP contribution in [0, 0.1) is 11.8 Å². The van der Waals surface area contributed by atoms with Crippen molar-refractivity contribution in [1.82, 2.24) is 10.2 Å². The first-order chi connectivity index (χ1) is 9.60. The molecule has 2 aliphatic rings. The van der Waals surface area contributed by atoms with Gasteiger partial charge in [0.2, 0.25) is 0 Å². The van der Waals surface area contributed by atoms with Crippen LogP contribution < -0.4 is 5.32 Å². The number of hydrogen-bond acceptors (Lipinski definition) is 2. The number of rotatable bonds is 6. The van der Waals surface area contributed by atoms with Gasteiger partial charge in [0.25, 0.3) is 0 Å². The fourth-order valence-corrected chi connectivity index (χ4v) is 4.29. The molecule has 1 heterocycles. The average Bonchev–Trinajstić information content (AvgIpc) is 2.97. The highest BCUT2D eigenvalue weighted by molar-refractivity contribution is 4.97. The van der Waals surface area contributed by atoms with Crippen molar-refractivity contribution in [2.24, 2.45) is 11.8 Å². The molecule has 0 aromatic carbocycles. The van der Waals surface area contributed by atoms with Crippen LogP contribution in [0.1, 0.15) is 72.6 Å². The summed E-state index contributed by atoms with van der Waals surface area (Å²) < 4.78 is 0. The molecule has 1 saturated heterocycles. The minimum absolute atomic E-state index is 0.376. The van der Waals surface area contributed by atoms with Crippen LogP contribution in [-0.4, -0.2) is 36.1 Å². The summed E-state index contributed by atoms with van der Waals surface area (Å²) >= 11 is 0. The largest absolute Gasteiger partial charge is 0.308 e. The SMILES string of the molecule is CCC1(CC)CN(CCC2CCCC2)C(C(C)C)CN1. The second-order valence-corrected chi connectivity index (χ2v) is 7.59. The Morgan fingerprint density at radius 1 is 1.15 bits per heavy atom. The summed E-state index contributed by atoms with van der Waals surface area (Å²) in [5.41, 5.74) is 0.376. The van der Waals surface area contributed by atoms with E-state index in [0.29, 0.717) is 5.54 Å². The minimum Gasteiger partial charge on any atom is -0.308 e. The number of piperazine rings is 1. The maximum absolute atomic E-state index is 3.88. The molecule has 1 N–H and O–H groups in total. The summed E-state index contributed by atoms with van der Waals surface area (Å²) in [6, 6.07) is 0.739. The highest BCUT2D eigenvalue weighted by atomic mass is 15.3. The lowest BCUT2D eigenvalue weighted by atomic mass is 9.86. The van der Waals surface area contributed by atoms with Gasteiger partial charge in [-0.15, -0.1) is 0 Å². The van der Waals surface area contributed by atoms with Crippen molar-refractivity contribution in [1.29, 1.82) is 0 Å². The summed E-state index contributed by atoms with van der Waals surface area (Å²) in [4.78, 5) is 2.83. The summed E-state index contributed by atoms with van der Waals surface area (Å²) in [6.45, 7) is 13.2. The van der Waals surface area contributed by atoms with E-state index in [1.165, 1.54) is 64.6 Å². The van der Waals surface area contributed by atoms with Crippen LogP contribution in [0.3, 0.4) is 0 Å². The Morgan fingerprint density at radius 2 is 1.80 bits per heavy atom. The molecule has 0 aromatic rings. The van der Waals surface area contributed by atoms with Gasteiger partial charge in [-0.1, -0.05) is 53.4 Å². The highest BCUT2D eigenvalue weighted by Gasteiger charge is 2.37. The van der Waals surface area contributed by atoms with E-state index in [-0.39, 0.29) is 0 Å². The van der Waals surface area contributed by atoms with Crippen LogP contribution in [0.15, 0.2) is 0 Å². The Balaban J connectivity index is 1.94. The van der Waals surface area contributed by atoms with Crippen LogP contribution in [0.2, 0.25) is 0 Å². The van der Waals surface area contributed by atoms with Gasteiger partial charge in [-0.25, -0.2) is 0 Å². The van der Waals surface area contributed by atoms with E-state index < -0.39 is 0 Å². The highest BCUT2D eigenvalue weighted by Crippen LogP contribution is 2.30.